The first kappa shape index (κ1) is 14.9. The fourth-order valence-electron chi connectivity index (χ4n) is 1.82. The van der Waals surface area contributed by atoms with Crippen molar-refractivity contribution in [3.05, 3.63) is 41.2 Å². The van der Waals surface area contributed by atoms with E-state index in [4.69, 9.17) is 16.3 Å². The summed E-state index contributed by atoms with van der Waals surface area (Å²) in [7, 11) is 1.85. The molecule has 1 heterocycles. The highest BCUT2D eigenvalue weighted by Gasteiger charge is 2.06. The first-order valence-electron chi connectivity index (χ1n) is 6.70. The van der Waals surface area contributed by atoms with Gasteiger partial charge in [-0.2, -0.15) is 5.10 Å². The van der Waals surface area contributed by atoms with Gasteiger partial charge in [0.2, 0.25) is 0 Å². The standard InChI is InChI=1S/C15H20ClN3O/c1-11(2)7-17-8-12-4-5-15(14(16)6-12)20-13-9-18-19(3)10-13/h4-6,9-11,17H,7-8H2,1-3H3. The van der Waals surface area contributed by atoms with E-state index in [0.717, 1.165) is 18.7 Å². The van der Waals surface area contributed by atoms with E-state index in [2.05, 4.69) is 24.3 Å². The molecule has 2 rings (SSSR count). The summed E-state index contributed by atoms with van der Waals surface area (Å²) in [5.41, 5.74) is 1.15. The second kappa shape index (κ2) is 6.77. The summed E-state index contributed by atoms with van der Waals surface area (Å²) in [6.07, 6.45) is 3.46. The van der Waals surface area contributed by atoms with Gasteiger partial charge in [-0.1, -0.05) is 31.5 Å². The van der Waals surface area contributed by atoms with Crippen molar-refractivity contribution in [2.45, 2.75) is 20.4 Å². The molecule has 0 aliphatic rings. The molecule has 0 fully saturated rings. The maximum Gasteiger partial charge on any atom is 0.165 e. The van der Waals surface area contributed by atoms with Crippen molar-refractivity contribution in [2.75, 3.05) is 6.54 Å². The number of ether oxygens (including phenoxy) is 1. The van der Waals surface area contributed by atoms with E-state index in [1.165, 1.54) is 0 Å². The maximum absolute atomic E-state index is 6.25. The summed E-state index contributed by atoms with van der Waals surface area (Å²) >= 11 is 6.25. The summed E-state index contributed by atoms with van der Waals surface area (Å²) < 4.78 is 7.38. The molecule has 0 atom stereocenters. The van der Waals surface area contributed by atoms with Crippen LogP contribution >= 0.6 is 11.6 Å². The van der Waals surface area contributed by atoms with Crippen molar-refractivity contribution in [3.8, 4) is 11.5 Å². The number of aryl methyl sites for hydroxylation is 1. The minimum absolute atomic E-state index is 0.609. The first-order valence-corrected chi connectivity index (χ1v) is 7.08. The fourth-order valence-corrected chi connectivity index (χ4v) is 2.06. The second-order valence-corrected chi connectivity index (χ2v) is 5.65. The SMILES string of the molecule is CC(C)CNCc1ccc(Oc2cnn(C)c2)c(Cl)c1. The van der Waals surface area contributed by atoms with Crippen molar-refractivity contribution < 1.29 is 4.74 Å². The zero-order valence-electron chi connectivity index (χ0n) is 12.1. The minimum atomic E-state index is 0.609. The zero-order chi connectivity index (χ0) is 14.5. The Morgan fingerprint density at radius 3 is 2.80 bits per heavy atom. The third-order valence-corrected chi connectivity index (χ3v) is 3.08. The molecule has 0 aliphatic heterocycles. The first-order chi connectivity index (χ1) is 9.54. The number of aromatic nitrogens is 2. The summed E-state index contributed by atoms with van der Waals surface area (Å²) in [4.78, 5) is 0. The van der Waals surface area contributed by atoms with Crippen LogP contribution in [0.3, 0.4) is 0 Å². The molecule has 0 saturated carbocycles. The average Bonchev–Trinajstić information content (AvgIpc) is 2.78. The molecule has 5 heteroatoms. The summed E-state index contributed by atoms with van der Waals surface area (Å²) in [5.74, 6) is 1.96. The molecule has 2 aromatic rings. The zero-order valence-corrected chi connectivity index (χ0v) is 12.8. The van der Waals surface area contributed by atoms with Gasteiger partial charge in [-0.15, -0.1) is 0 Å². The lowest BCUT2D eigenvalue weighted by Gasteiger charge is -2.10. The number of nitrogens with zero attached hydrogens (tertiary/aromatic N) is 2. The van der Waals surface area contributed by atoms with Crippen molar-refractivity contribution in [3.63, 3.8) is 0 Å². The highest BCUT2D eigenvalue weighted by molar-refractivity contribution is 6.32. The molecule has 1 aromatic heterocycles. The summed E-state index contributed by atoms with van der Waals surface area (Å²) in [6.45, 7) is 6.17. The Morgan fingerprint density at radius 2 is 2.20 bits per heavy atom. The lowest BCUT2D eigenvalue weighted by molar-refractivity contribution is 0.481. The van der Waals surface area contributed by atoms with Crippen LogP contribution in [0.2, 0.25) is 5.02 Å². The lowest BCUT2D eigenvalue weighted by Crippen LogP contribution is -2.18. The Hall–Kier alpha value is -1.52. The molecule has 4 nitrogen and oxygen atoms in total. The molecule has 20 heavy (non-hydrogen) atoms. The molecule has 0 saturated heterocycles. The third kappa shape index (κ3) is 4.25. The van der Waals surface area contributed by atoms with E-state index in [9.17, 15) is 0 Å². The van der Waals surface area contributed by atoms with Crippen LogP contribution in [0.1, 0.15) is 19.4 Å². The van der Waals surface area contributed by atoms with E-state index in [-0.39, 0.29) is 0 Å². The van der Waals surface area contributed by atoms with Crippen LogP contribution in [0.25, 0.3) is 0 Å². The molecule has 0 amide bonds. The number of hydrogen-bond donors (Lipinski definition) is 1. The van der Waals surface area contributed by atoms with Crippen LogP contribution in [0.4, 0.5) is 0 Å². The van der Waals surface area contributed by atoms with Crippen molar-refractivity contribution >= 4 is 11.6 Å². The Morgan fingerprint density at radius 1 is 1.40 bits per heavy atom. The normalized spacial score (nSPS) is 11.1. The van der Waals surface area contributed by atoms with Gasteiger partial charge in [-0.05, 0) is 30.2 Å². The molecule has 1 N–H and O–H groups in total. The highest BCUT2D eigenvalue weighted by atomic mass is 35.5. The van der Waals surface area contributed by atoms with Crippen LogP contribution in [0.15, 0.2) is 30.6 Å². The maximum atomic E-state index is 6.25. The predicted molar refractivity (Wildman–Crippen MR) is 81.3 cm³/mol. The molecular weight excluding hydrogens is 274 g/mol. The molecule has 0 bridgehead atoms. The van der Waals surface area contributed by atoms with Gasteiger partial charge in [-0.3, -0.25) is 4.68 Å². The fraction of sp³-hybridized carbons (Fsp3) is 0.400. The van der Waals surface area contributed by atoms with Crippen LogP contribution < -0.4 is 10.1 Å². The molecular formula is C15H20ClN3O. The molecule has 0 spiro atoms. The molecule has 0 aliphatic carbocycles. The Balaban J connectivity index is 1.98. The van der Waals surface area contributed by atoms with Gasteiger partial charge >= 0.3 is 0 Å². The largest absolute Gasteiger partial charge is 0.452 e. The summed E-state index contributed by atoms with van der Waals surface area (Å²) in [6, 6.07) is 5.84. The Kier molecular flexibility index (Phi) is 5.04. The smallest absolute Gasteiger partial charge is 0.165 e. The van der Waals surface area contributed by atoms with Crippen molar-refractivity contribution in [2.24, 2.45) is 13.0 Å². The van der Waals surface area contributed by atoms with Gasteiger partial charge in [0.15, 0.2) is 5.75 Å². The number of halogens is 1. The van der Waals surface area contributed by atoms with Gasteiger partial charge in [0.05, 0.1) is 17.4 Å². The topological polar surface area (TPSA) is 39.1 Å². The van der Waals surface area contributed by atoms with E-state index in [0.29, 0.717) is 22.4 Å². The van der Waals surface area contributed by atoms with Crippen molar-refractivity contribution in [1.82, 2.24) is 15.1 Å². The molecule has 1 aromatic carbocycles. The van der Waals surface area contributed by atoms with Crippen LogP contribution in [0, 0.1) is 5.92 Å². The monoisotopic (exact) mass is 293 g/mol. The van der Waals surface area contributed by atoms with Crippen molar-refractivity contribution in [1.29, 1.82) is 0 Å². The van der Waals surface area contributed by atoms with E-state index in [1.54, 1.807) is 17.1 Å². The molecule has 0 unspecified atom stereocenters. The van der Waals surface area contributed by atoms with Gasteiger partial charge in [0.1, 0.15) is 5.75 Å². The second-order valence-electron chi connectivity index (χ2n) is 5.24. The number of nitrogens with one attached hydrogen (secondary N) is 1. The van der Waals surface area contributed by atoms with E-state index >= 15 is 0 Å². The van der Waals surface area contributed by atoms with E-state index in [1.807, 2.05) is 25.2 Å². The van der Waals surface area contributed by atoms with Gasteiger partial charge in [0.25, 0.3) is 0 Å². The molecule has 0 radical (unpaired) electrons. The van der Waals surface area contributed by atoms with Gasteiger partial charge in [-0.25, -0.2) is 0 Å². The van der Waals surface area contributed by atoms with Gasteiger partial charge < -0.3 is 10.1 Å². The lowest BCUT2D eigenvalue weighted by atomic mass is 10.2. The van der Waals surface area contributed by atoms with Crippen LogP contribution in [-0.4, -0.2) is 16.3 Å². The number of rotatable bonds is 6. The van der Waals surface area contributed by atoms with Crippen LogP contribution in [-0.2, 0) is 13.6 Å². The summed E-state index contributed by atoms with van der Waals surface area (Å²) in [5, 5.41) is 8.05. The highest BCUT2D eigenvalue weighted by Crippen LogP contribution is 2.29. The van der Waals surface area contributed by atoms with Crippen LogP contribution in [0.5, 0.6) is 11.5 Å². The van der Waals surface area contributed by atoms with Gasteiger partial charge in [0, 0.05) is 13.6 Å². The predicted octanol–water partition coefficient (Wildman–Crippen LogP) is 3.61. The Bertz CT molecular complexity index is 566. The Labute approximate surface area is 124 Å². The number of hydrogen-bond acceptors (Lipinski definition) is 3. The van der Waals surface area contributed by atoms with E-state index < -0.39 is 0 Å². The minimum Gasteiger partial charge on any atom is -0.452 e. The third-order valence-electron chi connectivity index (χ3n) is 2.79. The average molecular weight is 294 g/mol. The molecule has 108 valence electrons. The number of benzene rings is 1. The quantitative estimate of drug-likeness (QED) is 0.884.